The Morgan fingerprint density at radius 1 is 1.67 bits per heavy atom. The Bertz CT molecular complexity index is 147. The molecule has 0 N–H and O–H groups in total. The lowest BCUT2D eigenvalue weighted by molar-refractivity contribution is -0.140. The molecule has 12 heavy (non-hydrogen) atoms. The van der Waals surface area contributed by atoms with E-state index in [0.717, 1.165) is 23.9 Å². The van der Waals surface area contributed by atoms with Crippen molar-refractivity contribution in [1.29, 1.82) is 0 Å². The first kappa shape index (κ1) is 10.5. The average Bonchev–Trinajstić information content (AvgIpc) is 2.56. The first-order valence-corrected chi connectivity index (χ1v) is 5.89. The van der Waals surface area contributed by atoms with Gasteiger partial charge in [-0.15, -0.1) is 0 Å². The van der Waals surface area contributed by atoms with Crippen LogP contribution in [0.25, 0.3) is 0 Å². The molecule has 1 rings (SSSR count). The summed E-state index contributed by atoms with van der Waals surface area (Å²) in [6.45, 7) is 2.72. The van der Waals surface area contributed by atoms with Gasteiger partial charge in [0.15, 0.2) is 6.29 Å². The summed E-state index contributed by atoms with van der Waals surface area (Å²) >= 11 is 2.29. The van der Waals surface area contributed by atoms with E-state index in [-0.39, 0.29) is 12.4 Å². The highest BCUT2D eigenvalue weighted by atomic mass is 127. The fraction of sp³-hybridized carbons (Fsp3) is 0.778. The molecular weight excluding hydrogens is 267 g/mol. The van der Waals surface area contributed by atoms with Crippen LogP contribution in [0.5, 0.6) is 0 Å². The molecule has 0 aliphatic heterocycles. The molecule has 0 radical (unpaired) electrons. The minimum absolute atomic E-state index is 0.0247. The molecule has 0 heterocycles. The Labute approximate surface area is 87.5 Å². The van der Waals surface area contributed by atoms with Gasteiger partial charge >= 0.3 is 0 Å². The van der Waals surface area contributed by atoms with Crippen LogP contribution in [0.4, 0.5) is 0 Å². The summed E-state index contributed by atoms with van der Waals surface area (Å²) < 4.78 is 12.0. The van der Waals surface area contributed by atoms with E-state index in [4.69, 9.17) is 9.47 Å². The molecule has 0 bridgehead atoms. The van der Waals surface area contributed by atoms with Gasteiger partial charge in [0.2, 0.25) is 0 Å². The van der Waals surface area contributed by atoms with E-state index in [0.29, 0.717) is 0 Å². The molecule has 0 saturated heterocycles. The van der Waals surface area contributed by atoms with Crippen molar-refractivity contribution < 1.29 is 9.47 Å². The van der Waals surface area contributed by atoms with E-state index in [1.807, 2.05) is 6.92 Å². The zero-order valence-electron chi connectivity index (χ0n) is 7.33. The fourth-order valence-electron chi connectivity index (χ4n) is 1.22. The topological polar surface area (TPSA) is 18.5 Å². The summed E-state index contributed by atoms with van der Waals surface area (Å²) in [5, 5.41) is 0. The van der Waals surface area contributed by atoms with Gasteiger partial charge < -0.3 is 9.47 Å². The van der Waals surface area contributed by atoms with Crippen molar-refractivity contribution in [2.24, 2.45) is 0 Å². The molecule has 1 aliphatic rings. The zero-order valence-corrected chi connectivity index (χ0v) is 9.49. The maximum absolute atomic E-state index is 5.68. The van der Waals surface area contributed by atoms with Crippen LogP contribution in [0.1, 0.15) is 19.8 Å². The number of rotatable bonds is 5. The third-order valence-corrected chi connectivity index (χ3v) is 2.49. The lowest BCUT2D eigenvalue weighted by Gasteiger charge is -2.18. The molecule has 0 spiro atoms. The highest BCUT2D eigenvalue weighted by Gasteiger charge is 2.15. The Balaban J connectivity index is 2.21. The second-order valence-electron chi connectivity index (χ2n) is 2.72. The Morgan fingerprint density at radius 2 is 2.50 bits per heavy atom. The molecule has 1 aliphatic carbocycles. The molecule has 0 saturated carbocycles. The van der Waals surface area contributed by atoms with Crippen molar-refractivity contribution in [2.45, 2.75) is 32.2 Å². The SMILES string of the molecule is CCOC(CI)OC1C=CCC1. The largest absolute Gasteiger partial charge is 0.352 e. The van der Waals surface area contributed by atoms with Crippen molar-refractivity contribution in [2.75, 3.05) is 11.0 Å². The first-order chi connectivity index (χ1) is 5.86. The molecule has 2 nitrogen and oxygen atoms in total. The van der Waals surface area contributed by atoms with Crippen LogP contribution in [-0.2, 0) is 9.47 Å². The number of allylic oxidation sites excluding steroid dienone is 1. The van der Waals surface area contributed by atoms with Crippen molar-refractivity contribution >= 4 is 22.6 Å². The van der Waals surface area contributed by atoms with Crippen LogP contribution in [0.15, 0.2) is 12.2 Å². The normalized spacial score (nSPS) is 24.7. The lowest BCUT2D eigenvalue weighted by atomic mass is 10.3. The van der Waals surface area contributed by atoms with Gasteiger partial charge in [-0.3, -0.25) is 0 Å². The van der Waals surface area contributed by atoms with Crippen LogP contribution >= 0.6 is 22.6 Å². The molecule has 2 unspecified atom stereocenters. The van der Waals surface area contributed by atoms with Crippen molar-refractivity contribution in [3.63, 3.8) is 0 Å². The van der Waals surface area contributed by atoms with E-state index in [1.165, 1.54) is 0 Å². The summed E-state index contributed by atoms with van der Waals surface area (Å²) in [6, 6.07) is 0. The van der Waals surface area contributed by atoms with Crippen molar-refractivity contribution in [1.82, 2.24) is 0 Å². The quantitative estimate of drug-likeness (QED) is 0.334. The maximum atomic E-state index is 5.68. The summed E-state index contributed by atoms with van der Waals surface area (Å²) in [6.07, 6.45) is 6.81. The lowest BCUT2D eigenvalue weighted by Crippen LogP contribution is -2.23. The highest BCUT2D eigenvalue weighted by Crippen LogP contribution is 2.16. The molecular formula is C9H15IO2. The first-order valence-electron chi connectivity index (χ1n) is 4.36. The Hall–Kier alpha value is 0.390. The third-order valence-electron chi connectivity index (χ3n) is 1.77. The summed E-state index contributed by atoms with van der Waals surface area (Å²) in [5.41, 5.74) is 0. The van der Waals surface area contributed by atoms with Gasteiger partial charge in [-0.05, 0) is 19.8 Å². The van der Waals surface area contributed by atoms with Gasteiger partial charge in [0.05, 0.1) is 10.5 Å². The van der Waals surface area contributed by atoms with Gasteiger partial charge in [0, 0.05) is 6.61 Å². The summed E-state index contributed by atoms with van der Waals surface area (Å²) in [5.74, 6) is 0. The predicted octanol–water partition coefficient (Wildman–Crippen LogP) is 2.52. The second-order valence-corrected chi connectivity index (χ2v) is 3.60. The minimum Gasteiger partial charge on any atom is -0.352 e. The number of hydrogen-bond donors (Lipinski definition) is 0. The van der Waals surface area contributed by atoms with Gasteiger partial charge in [0.1, 0.15) is 0 Å². The number of halogens is 1. The van der Waals surface area contributed by atoms with E-state index in [1.54, 1.807) is 0 Å². The fourth-order valence-corrected chi connectivity index (χ4v) is 1.68. The minimum atomic E-state index is -0.0247. The van der Waals surface area contributed by atoms with Gasteiger partial charge in [0.25, 0.3) is 0 Å². The maximum Gasteiger partial charge on any atom is 0.167 e. The highest BCUT2D eigenvalue weighted by molar-refractivity contribution is 14.1. The molecule has 0 aromatic heterocycles. The van der Waals surface area contributed by atoms with Gasteiger partial charge in [-0.1, -0.05) is 34.7 Å². The van der Waals surface area contributed by atoms with E-state index in [2.05, 4.69) is 34.7 Å². The zero-order chi connectivity index (χ0) is 8.81. The van der Waals surface area contributed by atoms with Crippen molar-refractivity contribution in [3.8, 4) is 0 Å². The van der Waals surface area contributed by atoms with Crippen LogP contribution in [0.2, 0.25) is 0 Å². The molecule has 0 aromatic rings. The molecule has 70 valence electrons. The number of ether oxygens (including phenoxy) is 2. The number of alkyl halides is 1. The van der Waals surface area contributed by atoms with E-state index >= 15 is 0 Å². The third kappa shape index (κ3) is 3.41. The molecule has 0 fully saturated rings. The Kier molecular flexibility index (Phi) is 5.18. The predicted molar refractivity (Wildman–Crippen MR) is 57.5 cm³/mol. The standard InChI is InChI=1S/C9H15IO2/c1-2-11-9(7-10)12-8-5-3-4-6-8/h3,5,8-9H,2,4,6-7H2,1H3. The summed E-state index contributed by atoms with van der Waals surface area (Å²) in [4.78, 5) is 0. The van der Waals surface area contributed by atoms with Crippen LogP contribution in [-0.4, -0.2) is 23.4 Å². The van der Waals surface area contributed by atoms with Crippen LogP contribution in [0.3, 0.4) is 0 Å². The Morgan fingerprint density at radius 3 is 3.00 bits per heavy atom. The van der Waals surface area contributed by atoms with E-state index in [9.17, 15) is 0 Å². The molecule has 0 aromatic carbocycles. The van der Waals surface area contributed by atoms with Crippen LogP contribution < -0.4 is 0 Å². The van der Waals surface area contributed by atoms with Crippen molar-refractivity contribution in [3.05, 3.63) is 12.2 Å². The molecule has 0 amide bonds. The summed E-state index contributed by atoms with van der Waals surface area (Å²) in [7, 11) is 0. The monoisotopic (exact) mass is 282 g/mol. The van der Waals surface area contributed by atoms with Crippen LogP contribution in [0, 0.1) is 0 Å². The average molecular weight is 282 g/mol. The molecule has 3 heteroatoms. The van der Waals surface area contributed by atoms with Gasteiger partial charge in [-0.25, -0.2) is 0 Å². The smallest absolute Gasteiger partial charge is 0.167 e. The molecule has 2 atom stereocenters. The van der Waals surface area contributed by atoms with Gasteiger partial charge in [-0.2, -0.15) is 0 Å². The second kappa shape index (κ2) is 5.94. The van der Waals surface area contributed by atoms with E-state index < -0.39 is 0 Å². The number of hydrogen-bond acceptors (Lipinski definition) is 2.